The number of hydrogen-bond donors (Lipinski definition) is 1. The Morgan fingerprint density at radius 1 is 1.48 bits per heavy atom. The number of benzene rings is 1. The number of aromatic nitrogens is 1. The van der Waals surface area contributed by atoms with E-state index in [9.17, 15) is 4.79 Å². The first kappa shape index (κ1) is 16.2. The summed E-state index contributed by atoms with van der Waals surface area (Å²) in [7, 11) is 0. The van der Waals surface area contributed by atoms with Crippen molar-refractivity contribution in [3.05, 3.63) is 45.4 Å². The average Bonchev–Trinajstić information content (AvgIpc) is 3.01. The monoisotopic (exact) mass is 351 g/mol. The van der Waals surface area contributed by atoms with Crippen molar-refractivity contribution in [3.8, 4) is 5.75 Å². The highest BCUT2D eigenvalue weighted by Gasteiger charge is 2.33. The SMILES string of the molecule is NCCCOc1ccc(C(=O)N2CC(c3nccs3)C2)cc1Cl. The fraction of sp³-hybridized carbons (Fsp3) is 0.375. The molecule has 0 atom stereocenters. The lowest BCUT2D eigenvalue weighted by atomic mass is 9.99. The summed E-state index contributed by atoms with van der Waals surface area (Å²) in [5.74, 6) is 0.933. The number of nitrogens with zero attached hydrogens (tertiary/aromatic N) is 2. The van der Waals surface area contributed by atoms with Gasteiger partial charge in [0.1, 0.15) is 5.75 Å². The second kappa shape index (κ2) is 7.29. The third-order valence-corrected chi connectivity index (χ3v) is 4.99. The Balaban J connectivity index is 1.59. The molecule has 0 bridgehead atoms. The predicted octanol–water partition coefficient (Wildman–Crippen LogP) is 2.76. The summed E-state index contributed by atoms with van der Waals surface area (Å²) < 4.78 is 5.53. The van der Waals surface area contributed by atoms with Crippen molar-refractivity contribution in [1.82, 2.24) is 9.88 Å². The van der Waals surface area contributed by atoms with Gasteiger partial charge in [-0.3, -0.25) is 4.79 Å². The third kappa shape index (κ3) is 3.65. The lowest BCUT2D eigenvalue weighted by Gasteiger charge is -2.38. The molecule has 0 aliphatic carbocycles. The standard InChI is InChI=1S/C16H18ClN3O2S/c17-13-8-11(2-3-14(13)22-6-1-4-18)16(21)20-9-12(10-20)15-19-5-7-23-15/h2-3,5,7-8,12H,1,4,6,9-10,18H2. The molecule has 0 unspecified atom stereocenters. The van der Waals surface area contributed by atoms with Crippen molar-refractivity contribution in [1.29, 1.82) is 0 Å². The zero-order valence-electron chi connectivity index (χ0n) is 12.6. The summed E-state index contributed by atoms with van der Waals surface area (Å²) in [6.45, 7) is 2.51. The maximum atomic E-state index is 12.5. The van der Waals surface area contributed by atoms with Crippen LogP contribution in [0, 0.1) is 0 Å². The highest BCUT2D eigenvalue weighted by molar-refractivity contribution is 7.09. The van der Waals surface area contributed by atoms with Crippen LogP contribution in [0.4, 0.5) is 0 Å². The lowest BCUT2D eigenvalue weighted by Crippen LogP contribution is -2.48. The molecule has 1 fully saturated rings. The second-order valence-corrected chi connectivity index (χ2v) is 6.75. The van der Waals surface area contributed by atoms with Gasteiger partial charge >= 0.3 is 0 Å². The Bertz CT molecular complexity index is 672. The van der Waals surface area contributed by atoms with Crippen molar-refractivity contribution >= 4 is 28.8 Å². The summed E-state index contributed by atoms with van der Waals surface area (Å²) >= 11 is 7.83. The van der Waals surface area contributed by atoms with Crippen LogP contribution in [-0.2, 0) is 0 Å². The van der Waals surface area contributed by atoms with Gasteiger partial charge in [0.15, 0.2) is 0 Å². The molecule has 0 radical (unpaired) electrons. The van der Waals surface area contributed by atoms with E-state index in [1.807, 2.05) is 10.3 Å². The minimum atomic E-state index is -0.00628. The van der Waals surface area contributed by atoms with Gasteiger partial charge in [-0.25, -0.2) is 4.98 Å². The first-order valence-corrected chi connectivity index (χ1v) is 8.76. The topological polar surface area (TPSA) is 68.5 Å². The molecule has 0 spiro atoms. The fourth-order valence-corrected chi connectivity index (χ4v) is 3.40. The van der Waals surface area contributed by atoms with Crippen LogP contribution < -0.4 is 10.5 Å². The van der Waals surface area contributed by atoms with Gasteiger partial charge in [0.2, 0.25) is 0 Å². The second-order valence-electron chi connectivity index (χ2n) is 5.41. The highest BCUT2D eigenvalue weighted by Crippen LogP contribution is 2.31. The molecule has 0 saturated carbocycles. The van der Waals surface area contributed by atoms with Crippen LogP contribution in [0.2, 0.25) is 5.02 Å². The van der Waals surface area contributed by atoms with Crippen LogP contribution in [0.5, 0.6) is 5.75 Å². The normalized spacial score (nSPS) is 14.6. The fourth-order valence-electron chi connectivity index (χ4n) is 2.44. The zero-order valence-corrected chi connectivity index (χ0v) is 14.1. The third-order valence-electron chi connectivity index (χ3n) is 3.75. The Morgan fingerprint density at radius 3 is 2.96 bits per heavy atom. The molecule has 122 valence electrons. The van der Waals surface area contributed by atoms with E-state index in [4.69, 9.17) is 22.1 Å². The van der Waals surface area contributed by atoms with Gasteiger partial charge in [-0.05, 0) is 31.2 Å². The van der Waals surface area contributed by atoms with E-state index in [0.29, 0.717) is 48.5 Å². The number of hydrogen-bond acceptors (Lipinski definition) is 5. The smallest absolute Gasteiger partial charge is 0.253 e. The van der Waals surface area contributed by atoms with Gasteiger partial charge in [-0.15, -0.1) is 11.3 Å². The number of likely N-dealkylation sites (tertiary alicyclic amines) is 1. The maximum absolute atomic E-state index is 12.5. The van der Waals surface area contributed by atoms with Crippen LogP contribution in [-0.4, -0.2) is 42.0 Å². The molecule has 1 amide bonds. The molecular formula is C16H18ClN3O2S. The Morgan fingerprint density at radius 2 is 2.30 bits per heavy atom. The van der Waals surface area contributed by atoms with Gasteiger partial charge in [-0.1, -0.05) is 11.6 Å². The number of amides is 1. The Labute approximate surface area is 144 Å². The molecule has 1 aromatic heterocycles. The van der Waals surface area contributed by atoms with E-state index in [2.05, 4.69) is 4.98 Å². The van der Waals surface area contributed by atoms with Crippen LogP contribution in [0.15, 0.2) is 29.8 Å². The van der Waals surface area contributed by atoms with Gasteiger partial charge in [0.05, 0.1) is 16.6 Å². The maximum Gasteiger partial charge on any atom is 0.253 e. The number of nitrogens with two attached hydrogens (primary N) is 1. The van der Waals surface area contributed by atoms with Crippen molar-refractivity contribution in [2.75, 3.05) is 26.2 Å². The first-order chi connectivity index (χ1) is 11.2. The van der Waals surface area contributed by atoms with E-state index < -0.39 is 0 Å². The van der Waals surface area contributed by atoms with E-state index in [1.165, 1.54) is 0 Å². The van der Waals surface area contributed by atoms with Crippen molar-refractivity contribution in [2.24, 2.45) is 5.73 Å². The van der Waals surface area contributed by atoms with Gasteiger partial charge < -0.3 is 15.4 Å². The molecule has 1 aliphatic rings. The summed E-state index contributed by atoms with van der Waals surface area (Å²) in [4.78, 5) is 18.6. The van der Waals surface area contributed by atoms with Crippen LogP contribution in [0.25, 0.3) is 0 Å². The zero-order chi connectivity index (χ0) is 16.2. The molecule has 3 rings (SSSR count). The quantitative estimate of drug-likeness (QED) is 0.812. The number of carbonyl (C=O) groups excluding carboxylic acids is 1. The summed E-state index contributed by atoms with van der Waals surface area (Å²) in [5.41, 5.74) is 6.01. The number of thiazole rings is 1. The van der Waals surface area contributed by atoms with Crippen molar-refractivity contribution < 1.29 is 9.53 Å². The summed E-state index contributed by atoms with van der Waals surface area (Å²) in [5, 5.41) is 3.50. The molecule has 2 heterocycles. The Hall–Kier alpha value is -1.63. The van der Waals surface area contributed by atoms with Crippen molar-refractivity contribution in [2.45, 2.75) is 12.3 Å². The van der Waals surface area contributed by atoms with Crippen molar-refractivity contribution in [3.63, 3.8) is 0 Å². The number of rotatable bonds is 6. The molecule has 1 aromatic carbocycles. The van der Waals surface area contributed by atoms with E-state index in [-0.39, 0.29) is 5.91 Å². The lowest BCUT2D eigenvalue weighted by molar-refractivity contribution is 0.0602. The number of ether oxygens (including phenoxy) is 1. The first-order valence-electron chi connectivity index (χ1n) is 7.50. The van der Waals surface area contributed by atoms with Gasteiger partial charge in [-0.2, -0.15) is 0 Å². The van der Waals surface area contributed by atoms with E-state index in [0.717, 1.165) is 11.4 Å². The molecule has 1 aliphatic heterocycles. The highest BCUT2D eigenvalue weighted by atomic mass is 35.5. The van der Waals surface area contributed by atoms with E-state index in [1.54, 1.807) is 35.7 Å². The summed E-state index contributed by atoms with van der Waals surface area (Å²) in [6, 6.07) is 5.16. The van der Waals surface area contributed by atoms with Gasteiger partial charge in [0, 0.05) is 36.1 Å². The number of carbonyl (C=O) groups is 1. The molecule has 1 saturated heterocycles. The average molecular weight is 352 g/mol. The van der Waals surface area contributed by atoms with Crippen LogP contribution in [0.3, 0.4) is 0 Å². The minimum absolute atomic E-state index is 0.00628. The predicted molar refractivity (Wildman–Crippen MR) is 91.4 cm³/mol. The minimum Gasteiger partial charge on any atom is -0.492 e. The Kier molecular flexibility index (Phi) is 5.15. The molecule has 5 nitrogen and oxygen atoms in total. The molecule has 2 N–H and O–H groups in total. The van der Waals surface area contributed by atoms with E-state index >= 15 is 0 Å². The summed E-state index contributed by atoms with van der Waals surface area (Å²) in [6.07, 6.45) is 2.57. The molecule has 2 aromatic rings. The number of halogens is 1. The molecule has 7 heteroatoms. The van der Waals surface area contributed by atoms with Crippen LogP contribution >= 0.6 is 22.9 Å². The molecular weight excluding hydrogens is 334 g/mol. The van der Waals surface area contributed by atoms with Gasteiger partial charge in [0.25, 0.3) is 5.91 Å². The van der Waals surface area contributed by atoms with Crippen LogP contribution in [0.1, 0.15) is 27.7 Å². The largest absolute Gasteiger partial charge is 0.492 e. The molecule has 23 heavy (non-hydrogen) atoms.